The summed E-state index contributed by atoms with van der Waals surface area (Å²) in [6, 6.07) is 1.85. The molecule has 0 fully saturated rings. The van der Waals surface area contributed by atoms with E-state index in [0.29, 0.717) is 23.5 Å². The Hall–Kier alpha value is -2.37. The Balaban J connectivity index is 0.00000264. The van der Waals surface area contributed by atoms with Crippen molar-refractivity contribution in [3.63, 3.8) is 0 Å². The lowest BCUT2D eigenvalue weighted by Gasteiger charge is -2.11. The van der Waals surface area contributed by atoms with E-state index in [1.807, 2.05) is 26.8 Å². The zero-order valence-electron chi connectivity index (χ0n) is 13.9. The van der Waals surface area contributed by atoms with Crippen molar-refractivity contribution >= 4 is 5.97 Å². The fourth-order valence-corrected chi connectivity index (χ4v) is 2.79. The third-order valence-corrected chi connectivity index (χ3v) is 3.88. The summed E-state index contributed by atoms with van der Waals surface area (Å²) in [6.07, 6.45) is 0. The summed E-state index contributed by atoms with van der Waals surface area (Å²) in [6.45, 7) is 8.00. The van der Waals surface area contributed by atoms with Crippen molar-refractivity contribution in [2.45, 2.75) is 41.7 Å². The highest BCUT2D eigenvalue weighted by Crippen LogP contribution is 2.27. The Labute approximate surface area is 136 Å². The van der Waals surface area contributed by atoms with Crippen molar-refractivity contribution in [2.24, 2.45) is 7.05 Å². The van der Waals surface area contributed by atoms with E-state index >= 15 is 0 Å². The molecule has 0 aliphatic heterocycles. The molecule has 0 amide bonds. The predicted molar refractivity (Wildman–Crippen MR) is 90.9 cm³/mol. The number of hydrogen-bond donors (Lipinski definition) is 0. The van der Waals surface area contributed by atoms with Gasteiger partial charge in [0.2, 0.25) is 0 Å². The molecule has 0 spiro atoms. The highest BCUT2D eigenvalue weighted by Gasteiger charge is 2.24. The number of rotatable bonds is 3. The summed E-state index contributed by atoms with van der Waals surface area (Å²) in [4.78, 5) is 24.2. The smallest absolute Gasteiger partial charge is 0.356 e. The molecule has 0 saturated heterocycles. The van der Waals surface area contributed by atoms with E-state index in [9.17, 15) is 9.59 Å². The fourth-order valence-electron chi connectivity index (χ4n) is 2.79. The number of carbonyl (C=O) groups is 1. The highest BCUT2D eigenvalue weighted by molar-refractivity contribution is 5.91. The molecule has 0 saturated carbocycles. The number of nitrogens with zero attached hydrogens (tertiary/aromatic N) is 3. The average molecular weight is 319 g/mol. The van der Waals surface area contributed by atoms with Gasteiger partial charge in [0.1, 0.15) is 11.4 Å². The number of aryl methyl sites for hydroxylation is 3. The summed E-state index contributed by atoms with van der Waals surface area (Å²) >= 11 is 0. The van der Waals surface area contributed by atoms with Crippen molar-refractivity contribution in [1.82, 2.24) is 14.3 Å². The van der Waals surface area contributed by atoms with Gasteiger partial charge >= 0.3 is 5.97 Å². The first-order valence-electron chi connectivity index (χ1n) is 7.16. The first-order valence-corrected chi connectivity index (χ1v) is 7.16. The third-order valence-electron chi connectivity index (χ3n) is 3.88. The third kappa shape index (κ3) is 2.93. The van der Waals surface area contributed by atoms with Crippen molar-refractivity contribution in [2.75, 3.05) is 7.11 Å². The minimum absolute atomic E-state index is 0. The largest absolute Gasteiger partial charge is 0.464 e. The molecule has 0 aromatic carbocycles. The van der Waals surface area contributed by atoms with Gasteiger partial charge in [0.05, 0.1) is 12.8 Å². The molecule has 0 radical (unpaired) electrons. The first kappa shape index (κ1) is 18.7. The lowest BCUT2D eigenvalue weighted by atomic mass is 10.1. The van der Waals surface area contributed by atoms with Gasteiger partial charge in [-0.3, -0.25) is 9.48 Å². The van der Waals surface area contributed by atoms with Gasteiger partial charge in [0.15, 0.2) is 0 Å². The Morgan fingerprint density at radius 3 is 2.39 bits per heavy atom. The van der Waals surface area contributed by atoms with Crippen molar-refractivity contribution in [3.05, 3.63) is 38.8 Å². The number of pyridine rings is 1. The quantitative estimate of drug-likeness (QED) is 0.816. The van der Waals surface area contributed by atoms with E-state index in [1.165, 1.54) is 7.11 Å². The molecule has 6 heteroatoms. The van der Waals surface area contributed by atoms with Gasteiger partial charge in [-0.15, -0.1) is 0 Å². The molecule has 0 aliphatic rings. The van der Waals surface area contributed by atoms with E-state index in [0.717, 1.165) is 16.8 Å². The standard InChI is InChI=1S/C16H21N3O3.CH4/c1-7-19-14(16(21)22-6)11(4)12(17-19)13-9(2)8-10(3)15(20)18(13)5;/h8H,7H2,1-6H3;1H4. The highest BCUT2D eigenvalue weighted by atomic mass is 16.5. The normalized spacial score (nSPS) is 10.3. The van der Waals surface area contributed by atoms with Gasteiger partial charge in [0.25, 0.3) is 5.56 Å². The molecule has 0 aliphatic carbocycles. The predicted octanol–water partition coefficient (Wildman–Crippen LogP) is 2.62. The zero-order valence-corrected chi connectivity index (χ0v) is 13.9. The molecule has 2 aromatic heterocycles. The van der Waals surface area contributed by atoms with E-state index in [-0.39, 0.29) is 13.0 Å². The monoisotopic (exact) mass is 319 g/mol. The maximum Gasteiger partial charge on any atom is 0.356 e. The summed E-state index contributed by atoms with van der Waals surface area (Å²) < 4.78 is 8.04. The summed E-state index contributed by atoms with van der Waals surface area (Å²) in [5, 5.41) is 4.52. The zero-order chi connectivity index (χ0) is 16.6. The van der Waals surface area contributed by atoms with Crippen LogP contribution in [0.5, 0.6) is 0 Å². The Morgan fingerprint density at radius 1 is 1.26 bits per heavy atom. The number of hydrogen-bond acceptors (Lipinski definition) is 4. The van der Waals surface area contributed by atoms with Crippen molar-refractivity contribution < 1.29 is 9.53 Å². The van der Waals surface area contributed by atoms with Gasteiger partial charge in [-0.25, -0.2) is 4.79 Å². The molecule has 0 bridgehead atoms. The van der Waals surface area contributed by atoms with E-state index in [4.69, 9.17) is 4.74 Å². The van der Waals surface area contributed by atoms with Crippen LogP contribution in [0.25, 0.3) is 11.4 Å². The number of carbonyl (C=O) groups excluding carboxylic acids is 1. The van der Waals surface area contributed by atoms with Gasteiger partial charge in [0, 0.05) is 24.7 Å². The molecule has 2 heterocycles. The second-order valence-electron chi connectivity index (χ2n) is 5.35. The van der Waals surface area contributed by atoms with E-state index < -0.39 is 5.97 Å². The molecule has 2 rings (SSSR count). The maximum atomic E-state index is 12.2. The van der Waals surface area contributed by atoms with Crippen LogP contribution in [0.15, 0.2) is 10.9 Å². The number of ether oxygens (including phenoxy) is 1. The Morgan fingerprint density at radius 2 is 1.87 bits per heavy atom. The average Bonchev–Trinajstić information content (AvgIpc) is 2.81. The van der Waals surface area contributed by atoms with Crippen LogP contribution in [0, 0.1) is 20.8 Å². The lowest BCUT2D eigenvalue weighted by Crippen LogP contribution is -2.22. The van der Waals surface area contributed by atoms with Gasteiger partial charge in [-0.2, -0.15) is 5.10 Å². The minimum Gasteiger partial charge on any atom is -0.464 e. The molecule has 6 nitrogen and oxygen atoms in total. The second kappa shape index (κ2) is 6.81. The maximum absolute atomic E-state index is 12.2. The topological polar surface area (TPSA) is 66.1 Å². The van der Waals surface area contributed by atoms with Crippen LogP contribution in [0.4, 0.5) is 0 Å². The SMILES string of the molecule is C.CCn1nc(-c2c(C)cc(C)c(=O)n2C)c(C)c1C(=O)OC. The Kier molecular flexibility index (Phi) is 5.53. The molecule has 0 unspecified atom stereocenters. The Bertz CT molecular complexity index is 800. The number of esters is 1. The molecule has 126 valence electrons. The van der Waals surface area contributed by atoms with Crippen LogP contribution in [-0.2, 0) is 18.3 Å². The van der Waals surface area contributed by atoms with Crippen LogP contribution in [-0.4, -0.2) is 27.4 Å². The summed E-state index contributed by atoms with van der Waals surface area (Å²) in [7, 11) is 3.07. The number of aromatic nitrogens is 3. The molecule has 23 heavy (non-hydrogen) atoms. The van der Waals surface area contributed by atoms with E-state index in [1.54, 1.807) is 23.2 Å². The first-order chi connectivity index (χ1) is 10.3. The van der Waals surface area contributed by atoms with Crippen LogP contribution in [0.2, 0.25) is 0 Å². The van der Waals surface area contributed by atoms with E-state index in [2.05, 4.69) is 5.10 Å². The van der Waals surface area contributed by atoms with Crippen LogP contribution in [0.3, 0.4) is 0 Å². The second-order valence-corrected chi connectivity index (χ2v) is 5.35. The number of methoxy groups -OCH3 is 1. The molecular formula is C17H25N3O3. The van der Waals surface area contributed by atoms with Crippen LogP contribution in [0.1, 0.15) is 41.5 Å². The van der Waals surface area contributed by atoms with Crippen LogP contribution < -0.4 is 5.56 Å². The van der Waals surface area contributed by atoms with Crippen LogP contribution >= 0.6 is 0 Å². The summed E-state index contributed by atoms with van der Waals surface area (Å²) in [5.74, 6) is -0.423. The van der Waals surface area contributed by atoms with Crippen molar-refractivity contribution in [1.29, 1.82) is 0 Å². The minimum atomic E-state index is -0.423. The molecule has 2 aromatic rings. The van der Waals surface area contributed by atoms with Crippen molar-refractivity contribution in [3.8, 4) is 11.4 Å². The van der Waals surface area contributed by atoms with Gasteiger partial charge in [-0.05, 0) is 39.3 Å². The molecule has 0 N–H and O–H groups in total. The van der Waals surface area contributed by atoms with Gasteiger partial charge in [-0.1, -0.05) is 7.43 Å². The van der Waals surface area contributed by atoms with Gasteiger partial charge < -0.3 is 9.30 Å². The molecular weight excluding hydrogens is 294 g/mol. The summed E-state index contributed by atoms with van der Waals surface area (Å²) in [5.41, 5.74) is 4.07. The lowest BCUT2D eigenvalue weighted by molar-refractivity contribution is 0.0586. The molecule has 0 atom stereocenters. The fraction of sp³-hybridized carbons (Fsp3) is 0.471.